The first-order valence-corrected chi connectivity index (χ1v) is 13.4. The summed E-state index contributed by atoms with van der Waals surface area (Å²) in [7, 11) is 0. The van der Waals surface area contributed by atoms with Gasteiger partial charge in [-0.25, -0.2) is 4.39 Å². The van der Waals surface area contributed by atoms with Gasteiger partial charge in [0.2, 0.25) is 0 Å². The van der Waals surface area contributed by atoms with Crippen LogP contribution in [0.15, 0.2) is 60.8 Å². The molecule has 32 heavy (non-hydrogen) atoms. The Kier molecular flexibility index (Phi) is 11.3. The van der Waals surface area contributed by atoms with Gasteiger partial charge >= 0.3 is 0 Å². The van der Waals surface area contributed by atoms with Gasteiger partial charge in [-0.15, -0.1) is 0 Å². The molecule has 0 spiro atoms. The van der Waals surface area contributed by atoms with Gasteiger partial charge in [0, 0.05) is 23.1 Å². The molecule has 1 saturated heterocycles. The molecular formula is C28H39FN2S. The standard InChI is InChI=1S/C28H39FN2S/c1-2-3-4-5-6-7-8-9-10-11-12-13-16-25(26-17-14-15-22-30-26)28-27(31-32-28)23-18-20-24(29)21-19-23/h9-10,14-15,17-22,25,27-28,31H,2-8,11-13,16H2,1H3/b10-9-. The highest BCUT2D eigenvalue weighted by Gasteiger charge is 2.39. The lowest BCUT2D eigenvalue weighted by molar-refractivity contribution is 0.452. The Labute approximate surface area is 198 Å². The lowest BCUT2D eigenvalue weighted by Gasteiger charge is -2.42. The van der Waals surface area contributed by atoms with Crippen molar-refractivity contribution in [1.29, 1.82) is 0 Å². The minimum Gasteiger partial charge on any atom is -0.261 e. The van der Waals surface area contributed by atoms with E-state index in [1.54, 1.807) is 24.1 Å². The van der Waals surface area contributed by atoms with E-state index in [-0.39, 0.29) is 11.9 Å². The monoisotopic (exact) mass is 454 g/mol. The molecule has 0 aliphatic carbocycles. The first-order chi connectivity index (χ1) is 15.8. The Balaban J connectivity index is 1.43. The fraction of sp³-hybridized carbons (Fsp3) is 0.536. The molecule has 1 aromatic heterocycles. The van der Waals surface area contributed by atoms with Crippen LogP contribution in [0.1, 0.15) is 101 Å². The lowest BCUT2D eigenvalue weighted by atomic mass is 9.87. The summed E-state index contributed by atoms with van der Waals surface area (Å²) in [5.41, 5.74) is 2.34. The van der Waals surface area contributed by atoms with Crippen molar-refractivity contribution in [2.45, 2.75) is 94.8 Å². The summed E-state index contributed by atoms with van der Waals surface area (Å²) in [5, 5.41) is 0.429. The van der Waals surface area contributed by atoms with Crippen LogP contribution in [0.3, 0.4) is 0 Å². The Morgan fingerprint density at radius 2 is 1.66 bits per heavy atom. The van der Waals surface area contributed by atoms with Crippen molar-refractivity contribution >= 4 is 11.9 Å². The highest BCUT2D eigenvalue weighted by molar-refractivity contribution is 7.99. The number of halogens is 1. The van der Waals surface area contributed by atoms with Crippen LogP contribution in [-0.4, -0.2) is 10.2 Å². The van der Waals surface area contributed by atoms with Crippen LogP contribution >= 0.6 is 11.9 Å². The second-order valence-electron chi connectivity index (χ2n) is 8.90. The number of rotatable bonds is 15. The number of nitrogens with one attached hydrogen (secondary N) is 1. The van der Waals surface area contributed by atoms with Crippen molar-refractivity contribution in [3.8, 4) is 0 Å². The van der Waals surface area contributed by atoms with Crippen LogP contribution in [-0.2, 0) is 0 Å². The SMILES string of the molecule is CCCCCCCC/C=C\CCCCC(c1ccccn1)C1SNC1c1ccc(F)cc1. The van der Waals surface area contributed by atoms with E-state index in [0.29, 0.717) is 11.2 Å². The van der Waals surface area contributed by atoms with Gasteiger partial charge in [0.15, 0.2) is 0 Å². The van der Waals surface area contributed by atoms with Crippen molar-refractivity contribution in [1.82, 2.24) is 9.71 Å². The number of hydrogen-bond acceptors (Lipinski definition) is 3. The fourth-order valence-corrected chi connectivity index (χ4v) is 5.60. The molecule has 0 radical (unpaired) electrons. The third-order valence-electron chi connectivity index (χ3n) is 6.38. The van der Waals surface area contributed by atoms with Crippen molar-refractivity contribution in [2.75, 3.05) is 0 Å². The predicted octanol–water partition coefficient (Wildman–Crippen LogP) is 8.53. The van der Waals surface area contributed by atoms with Gasteiger partial charge in [0.25, 0.3) is 0 Å². The molecule has 4 heteroatoms. The molecule has 0 saturated carbocycles. The summed E-state index contributed by atoms with van der Waals surface area (Å²) < 4.78 is 16.8. The van der Waals surface area contributed by atoms with Crippen LogP contribution in [0, 0.1) is 5.82 Å². The number of nitrogens with zero attached hydrogens (tertiary/aromatic N) is 1. The summed E-state index contributed by atoms with van der Waals surface area (Å²) in [6.45, 7) is 2.27. The molecule has 1 N–H and O–H groups in total. The number of unbranched alkanes of at least 4 members (excludes halogenated alkanes) is 8. The van der Waals surface area contributed by atoms with Gasteiger partial charge in [0.05, 0.1) is 6.04 Å². The first kappa shape index (κ1) is 25.0. The van der Waals surface area contributed by atoms with Crippen LogP contribution in [0.2, 0.25) is 0 Å². The summed E-state index contributed by atoms with van der Waals surface area (Å²) in [5.74, 6) is 0.229. The van der Waals surface area contributed by atoms with Gasteiger partial charge in [0.1, 0.15) is 5.82 Å². The molecule has 3 rings (SSSR count). The zero-order valence-corrected chi connectivity index (χ0v) is 20.3. The van der Waals surface area contributed by atoms with Crippen LogP contribution in [0.5, 0.6) is 0 Å². The Hall–Kier alpha value is -1.65. The molecule has 1 aliphatic rings. The van der Waals surface area contributed by atoms with Crippen molar-refractivity contribution in [3.63, 3.8) is 0 Å². The van der Waals surface area contributed by atoms with Crippen LogP contribution in [0.4, 0.5) is 4.39 Å². The topological polar surface area (TPSA) is 24.9 Å². The number of allylic oxidation sites excluding steroid dienone is 2. The number of benzene rings is 1. The molecule has 1 aromatic carbocycles. The van der Waals surface area contributed by atoms with E-state index in [1.807, 2.05) is 24.4 Å². The Bertz CT molecular complexity index is 778. The molecule has 174 valence electrons. The van der Waals surface area contributed by atoms with E-state index in [1.165, 1.54) is 69.9 Å². The maximum atomic E-state index is 13.4. The van der Waals surface area contributed by atoms with Crippen molar-refractivity contribution in [3.05, 3.63) is 77.9 Å². The van der Waals surface area contributed by atoms with E-state index in [2.05, 4.69) is 40.9 Å². The molecule has 1 fully saturated rings. The van der Waals surface area contributed by atoms with Crippen LogP contribution in [0.25, 0.3) is 0 Å². The summed E-state index contributed by atoms with van der Waals surface area (Å²) in [6.07, 6.45) is 20.8. The average molecular weight is 455 g/mol. The molecule has 2 heterocycles. The summed E-state index contributed by atoms with van der Waals surface area (Å²) in [4.78, 5) is 4.68. The third kappa shape index (κ3) is 8.04. The normalized spacial score (nSPS) is 19.2. The minimum absolute atomic E-state index is 0.178. The Morgan fingerprint density at radius 3 is 2.31 bits per heavy atom. The quantitative estimate of drug-likeness (QED) is 0.166. The molecular weight excluding hydrogens is 415 g/mol. The third-order valence-corrected chi connectivity index (χ3v) is 7.64. The highest BCUT2D eigenvalue weighted by atomic mass is 32.2. The average Bonchev–Trinajstić information content (AvgIpc) is 2.80. The fourth-order valence-electron chi connectivity index (χ4n) is 4.44. The maximum Gasteiger partial charge on any atom is 0.123 e. The van der Waals surface area contributed by atoms with Gasteiger partial charge in [-0.2, -0.15) is 0 Å². The minimum atomic E-state index is -0.178. The van der Waals surface area contributed by atoms with Crippen LogP contribution < -0.4 is 4.72 Å². The van der Waals surface area contributed by atoms with E-state index in [4.69, 9.17) is 0 Å². The molecule has 3 atom stereocenters. The van der Waals surface area contributed by atoms with E-state index >= 15 is 0 Å². The zero-order chi connectivity index (χ0) is 22.4. The number of hydrogen-bond donors (Lipinski definition) is 1. The van der Waals surface area contributed by atoms with E-state index in [9.17, 15) is 4.39 Å². The highest BCUT2D eigenvalue weighted by Crippen LogP contribution is 2.46. The van der Waals surface area contributed by atoms with Gasteiger partial charge < -0.3 is 0 Å². The number of pyridine rings is 1. The zero-order valence-electron chi connectivity index (χ0n) is 19.5. The summed E-state index contributed by atoms with van der Waals surface area (Å²) in [6, 6.07) is 13.4. The summed E-state index contributed by atoms with van der Waals surface area (Å²) >= 11 is 1.80. The van der Waals surface area contributed by atoms with E-state index < -0.39 is 0 Å². The molecule has 2 aromatic rings. The maximum absolute atomic E-state index is 13.4. The van der Waals surface area contributed by atoms with E-state index in [0.717, 1.165) is 12.0 Å². The molecule has 0 bridgehead atoms. The largest absolute Gasteiger partial charge is 0.261 e. The molecule has 3 unspecified atom stereocenters. The van der Waals surface area contributed by atoms with Crippen molar-refractivity contribution < 1.29 is 4.39 Å². The van der Waals surface area contributed by atoms with Crippen molar-refractivity contribution in [2.24, 2.45) is 0 Å². The molecule has 0 amide bonds. The number of aromatic nitrogens is 1. The smallest absolute Gasteiger partial charge is 0.123 e. The predicted molar refractivity (Wildman–Crippen MR) is 136 cm³/mol. The first-order valence-electron chi connectivity index (χ1n) is 12.5. The second-order valence-corrected chi connectivity index (χ2v) is 9.92. The molecule has 2 nitrogen and oxygen atoms in total. The van der Waals surface area contributed by atoms with Gasteiger partial charge in [-0.3, -0.25) is 9.71 Å². The lowest BCUT2D eigenvalue weighted by Crippen LogP contribution is -2.42. The Morgan fingerprint density at radius 1 is 0.938 bits per heavy atom. The van der Waals surface area contributed by atoms with Gasteiger partial charge in [-0.1, -0.05) is 87.7 Å². The van der Waals surface area contributed by atoms with Gasteiger partial charge in [-0.05, 0) is 61.9 Å². The second kappa shape index (κ2) is 14.5. The molecule has 1 aliphatic heterocycles.